The predicted octanol–water partition coefficient (Wildman–Crippen LogP) is 2.85. The first-order valence-electron chi connectivity index (χ1n) is 6.15. The van der Waals surface area contributed by atoms with Crippen LogP contribution in [0.25, 0.3) is 0 Å². The van der Waals surface area contributed by atoms with Crippen LogP contribution in [0.4, 0.5) is 0 Å². The zero-order chi connectivity index (χ0) is 12.6. The maximum absolute atomic E-state index is 5.85. The number of hydrogen-bond donors (Lipinski definition) is 0. The van der Waals surface area contributed by atoms with E-state index >= 15 is 0 Å². The van der Waals surface area contributed by atoms with Crippen molar-refractivity contribution in [3.05, 3.63) is 0 Å². The minimum absolute atomic E-state index is 0.0375. The molecular weight excluding hydrogens is 202 g/mol. The Labute approximate surface area is 100 Å². The molecule has 0 amide bonds. The third-order valence-electron chi connectivity index (χ3n) is 2.96. The molecule has 0 saturated carbocycles. The van der Waals surface area contributed by atoms with Gasteiger partial charge in [-0.2, -0.15) is 0 Å². The second kappa shape index (κ2) is 4.63. The topological polar surface area (TPSA) is 21.7 Å². The SMILES string of the molecule is CC(C)OC1OCN(C(C)(C)C)CC1(C)C. The predicted molar refractivity (Wildman–Crippen MR) is 66.2 cm³/mol. The van der Waals surface area contributed by atoms with Crippen molar-refractivity contribution < 1.29 is 9.47 Å². The molecule has 1 unspecified atom stereocenters. The van der Waals surface area contributed by atoms with Crippen molar-refractivity contribution in [2.75, 3.05) is 13.3 Å². The lowest BCUT2D eigenvalue weighted by Crippen LogP contribution is -2.57. The molecule has 1 heterocycles. The van der Waals surface area contributed by atoms with Crippen molar-refractivity contribution in [2.45, 2.75) is 66.4 Å². The van der Waals surface area contributed by atoms with Gasteiger partial charge >= 0.3 is 0 Å². The van der Waals surface area contributed by atoms with Gasteiger partial charge in [0.1, 0.15) is 6.73 Å². The zero-order valence-electron chi connectivity index (χ0n) is 11.8. The Kier molecular flexibility index (Phi) is 4.04. The summed E-state index contributed by atoms with van der Waals surface area (Å²) in [4.78, 5) is 2.35. The van der Waals surface area contributed by atoms with E-state index in [1.807, 2.05) is 0 Å². The smallest absolute Gasteiger partial charge is 0.165 e. The monoisotopic (exact) mass is 229 g/mol. The number of ether oxygens (including phenoxy) is 2. The number of hydrogen-bond acceptors (Lipinski definition) is 3. The Morgan fingerprint density at radius 2 is 1.88 bits per heavy atom. The van der Waals surface area contributed by atoms with E-state index < -0.39 is 0 Å². The molecule has 1 rings (SSSR count). The molecule has 3 heteroatoms. The quantitative estimate of drug-likeness (QED) is 0.727. The molecule has 0 aliphatic carbocycles. The highest BCUT2D eigenvalue weighted by Gasteiger charge is 2.41. The van der Waals surface area contributed by atoms with E-state index in [1.165, 1.54) is 0 Å². The summed E-state index contributed by atoms with van der Waals surface area (Å²) >= 11 is 0. The van der Waals surface area contributed by atoms with Crippen LogP contribution in [0, 0.1) is 5.41 Å². The third-order valence-corrected chi connectivity index (χ3v) is 2.96. The summed E-state index contributed by atoms with van der Waals surface area (Å²) in [5.74, 6) is 0. The average Bonchev–Trinajstić information content (AvgIpc) is 2.05. The highest BCUT2D eigenvalue weighted by molar-refractivity contribution is 4.86. The van der Waals surface area contributed by atoms with E-state index in [4.69, 9.17) is 9.47 Å². The first kappa shape index (κ1) is 13.9. The van der Waals surface area contributed by atoms with Gasteiger partial charge in [-0.25, -0.2) is 0 Å². The van der Waals surface area contributed by atoms with Crippen molar-refractivity contribution in [2.24, 2.45) is 5.41 Å². The summed E-state index contributed by atoms with van der Waals surface area (Å²) < 4.78 is 11.7. The molecule has 3 nitrogen and oxygen atoms in total. The lowest BCUT2D eigenvalue weighted by Gasteiger charge is -2.48. The highest BCUT2D eigenvalue weighted by atomic mass is 16.7. The van der Waals surface area contributed by atoms with Gasteiger partial charge in [0.15, 0.2) is 6.29 Å². The Morgan fingerprint density at radius 1 is 1.31 bits per heavy atom. The van der Waals surface area contributed by atoms with E-state index in [2.05, 4.69) is 53.4 Å². The molecule has 0 N–H and O–H groups in total. The maximum atomic E-state index is 5.85. The lowest BCUT2D eigenvalue weighted by atomic mass is 9.88. The summed E-state index contributed by atoms with van der Waals surface area (Å²) in [6.07, 6.45) is 0.122. The maximum Gasteiger partial charge on any atom is 0.165 e. The Hall–Kier alpha value is -0.120. The van der Waals surface area contributed by atoms with E-state index in [0.29, 0.717) is 6.73 Å². The first-order chi connectivity index (χ1) is 7.13. The van der Waals surface area contributed by atoms with Crippen molar-refractivity contribution in [3.63, 3.8) is 0 Å². The van der Waals surface area contributed by atoms with Crippen LogP contribution < -0.4 is 0 Å². The molecule has 1 saturated heterocycles. The van der Waals surface area contributed by atoms with Crippen molar-refractivity contribution in [1.29, 1.82) is 0 Å². The molecule has 1 atom stereocenters. The Balaban J connectivity index is 2.66. The van der Waals surface area contributed by atoms with Crippen LogP contribution in [0.1, 0.15) is 48.5 Å². The van der Waals surface area contributed by atoms with E-state index in [-0.39, 0.29) is 23.3 Å². The van der Waals surface area contributed by atoms with Crippen molar-refractivity contribution in [1.82, 2.24) is 4.90 Å². The molecule has 0 aromatic carbocycles. The highest BCUT2D eigenvalue weighted by Crippen LogP contribution is 2.33. The average molecular weight is 229 g/mol. The summed E-state index contributed by atoms with van der Waals surface area (Å²) in [5.41, 5.74) is 0.190. The van der Waals surface area contributed by atoms with Gasteiger partial charge in [-0.3, -0.25) is 4.90 Å². The van der Waals surface area contributed by atoms with Crippen LogP contribution in [0.15, 0.2) is 0 Å². The minimum Gasteiger partial charge on any atom is -0.349 e. The number of nitrogens with zero attached hydrogens (tertiary/aromatic N) is 1. The normalized spacial score (nSPS) is 27.4. The van der Waals surface area contributed by atoms with Crippen LogP contribution in [0.3, 0.4) is 0 Å². The van der Waals surface area contributed by atoms with Gasteiger partial charge in [-0.15, -0.1) is 0 Å². The molecule has 96 valence electrons. The molecule has 1 aliphatic heterocycles. The number of rotatable bonds is 2. The Morgan fingerprint density at radius 3 is 2.25 bits per heavy atom. The fraction of sp³-hybridized carbons (Fsp3) is 1.00. The second-order valence-electron chi connectivity index (χ2n) is 6.67. The van der Waals surface area contributed by atoms with Crippen LogP contribution >= 0.6 is 0 Å². The van der Waals surface area contributed by atoms with Gasteiger partial charge in [0.2, 0.25) is 0 Å². The summed E-state index contributed by atoms with van der Waals surface area (Å²) in [7, 11) is 0. The van der Waals surface area contributed by atoms with Crippen LogP contribution in [0.2, 0.25) is 0 Å². The second-order valence-corrected chi connectivity index (χ2v) is 6.67. The van der Waals surface area contributed by atoms with E-state index in [9.17, 15) is 0 Å². The molecule has 0 aromatic rings. The van der Waals surface area contributed by atoms with Crippen LogP contribution in [-0.4, -0.2) is 36.1 Å². The summed E-state index contributed by atoms with van der Waals surface area (Å²) in [5, 5.41) is 0. The molecular formula is C13H27NO2. The van der Waals surface area contributed by atoms with E-state index in [1.54, 1.807) is 0 Å². The van der Waals surface area contributed by atoms with Gasteiger partial charge < -0.3 is 9.47 Å². The van der Waals surface area contributed by atoms with Crippen molar-refractivity contribution >= 4 is 0 Å². The molecule has 0 spiro atoms. The largest absolute Gasteiger partial charge is 0.349 e. The van der Waals surface area contributed by atoms with Gasteiger partial charge in [0.05, 0.1) is 6.10 Å². The van der Waals surface area contributed by atoms with Gasteiger partial charge in [-0.05, 0) is 34.6 Å². The first-order valence-corrected chi connectivity index (χ1v) is 6.15. The van der Waals surface area contributed by atoms with Crippen LogP contribution in [-0.2, 0) is 9.47 Å². The molecule has 16 heavy (non-hydrogen) atoms. The third kappa shape index (κ3) is 3.44. The molecule has 0 radical (unpaired) electrons. The standard InChI is InChI=1S/C13H27NO2/c1-10(2)16-11-13(6,7)8-14(9-15-11)12(3,4)5/h10-11H,8-9H2,1-7H3. The van der Waals surface area contributed by atoms with Crippen LogP contribution in [0.5, 0.6) is 0 Å². The van der Waals surface area contributed by atoms with Gasteiger partial charge in [-0.1, -0.05) is 13.8 Å². The fourth-order valence-corrected chi connectivity index (χ4v) is 1.90. The fourth-order valence-electron chi connectivity index (χ4n) is 1.90. The lowest BCUT2D eigenvalue weighted by molar-refractivity contribution is -0.275. The van der Waals surface area contributed by atoms with Gasteiger partial charge in [0, 0.05) is 17.5 Å². The minimum atomic E-state index is -0.0916. The molecule has 1 fully saturated rings. The molecule has 0 bridgehead atoms. The summed E-state index contributed by atoms with van der Waals surface area (Å²) in [6.45, 7) is 16.8. The molecule has 1 aliphatic rings. The summed E-state index contributed by atoms with van der Waals surface area (Å²) in [6, 6.07) is 0. The zero-order valence-corrected chi connectivity index (χ0v) is 11.8. The van der Waals surface area contributed by atoms with Gasteiger partial charge in [0.25, 0.3) is 0 Å². The van der Waals surface area contributed by atoms with E-state index in [0.717, 1.165) is 6.54 Å². The molecule has 0 aromatic heterocycles. The Bertz CT molecular complexity index is 231. The van der Waals surface area contributed by atoms with Crippen molar-refractivity contribution in [3.8, 4) is 0 Å².